The van der Waals surface area contributed by atoms with Crippen LogP contribution in [0.2, 0.25) is 0 Å². The predicted molar refractivity (Wildman–Crippen MR) is 78.1 cm³/mol. The number of alkyl halides is 3. The smallest absolute Gasteiger partial charge is 0.423 e. The van der Waals surface area contributed by atoms with E-state index in [0.717, 1.165) is 12.0 Å². The Bertz CT molecular complexity index is 660. The highest BCUT2D eigenvalue weighted by Crippen LogP contribution is 2.28. The van der Waals surface area contributed by atoms with E-state index in [1.165, 1.54) is 12.1 Å². The van der Waals surface area contributed by atoms with Gasteiger partial charge in [0.05, 0.1) is 0 Å². The van der Waals surface area contributed by atoms with Crippen LogP contribution in [0.3, 0.4) is 0 Å². The Hall–Kier alpha value is -1.65. The third-order valence-electron chi connectivity index (χ3n) is 3.25. The summed E-state index contributed by atoms with van der Waals surface area (Å²) in [6.45, 7) is 2.75. The fraction of sp³-hybridized carbons (Fsp3) is 0.500. The molecule has 6 nitrogen and oxygen atoms in total. The monoisotopic (exact) mass is 370 g/mol. The highest BCUT2D eigenvalue weighted by atomic mass is 32.2. The molecule has 1 aromatic carbocycles. The Morgan fingerprint density at radius 3 is 2.29 bits per heavy atom. The first-order valence-corrected chi connectivity index (χ1v) is 8.34. The summed E-state index contributed by atoms with van der Waals surface area (Å²) in [6.07, 6.45) is -2.81. The second-order valence-corrected chi connectivity index (χ2v) is 6.51. The minimum Gasteiger partial charge on any atom is -0.425 e. The number of ether oxygens (including phenoxy) is 2. The maximum absolute atomic E-state index is 13.0. The van der Waals surface area contributed by atoms with Crippen LogP contribution >= 0.6 is 0 Å². The zero-order valence-electron chi connectivity index (χ0n) is 12.9. The SMILES string of the molecule is CCC(C)c1ccc(OC(=O)COC(F)C(F)(F)S(=O)(=O)O)cc1. The van der Waals surface area contributed by atoms with Gasteiger partial charge in [0, 0.05) is 0 Å². The maximum Gasteiger partial charge on any atom is 0.423 e. The molecule has 0 aliphatic carbocycles. The molecule has 0 amide bonds. The van der Waals surface area contributed by atoms with Gasteiger partial charge in [-0.2, -0.15) is 17.2 Å². The normalized spacial score (nSPS) is 14.9. The standard InChI is InChI=1S/C14H17F3O6S/c1-3-9(2)10-4-6-11(7-5-10)23-12(18)8-22-13(15)14(16,17)24(19,20)21/h4-7,9,13H,3,8H2,1-2H3,(H,19,20,21). The molecule has 0 radical (unpaired) electrons. The summed E-state index contributed by atoms with van der Waals surface area (Å²) in [6, 6.07) is 6.36. The molecule has 2 atom stereocenters. The van der Waals surface area contributed by atoms with E-state index in [-0.39, 0.29) is 5.75 Å². The maximum atomic E-state index is 13.0. The zero-order chi connectivity index (χ0) is 18.5. The average Bonchev–Trinajstić information content (AvgIpc) is 2.51. The third kappa shape index (κ3) is 5.18. The lowest BCUT2D eigenvalue weighted by molar-refractivity contribution is -0.171. The number of esters is 1. The van der Waals surface area contributed by atoms with E-state index < -0.39 is 34.3 Å². The van der Waals surface area contributed by atoms with Crippen molar-refractivity contribution in [2.24, 2.45) is 0 Å². The summed E-state index contributed by atoms with van der Waals surface area (Å²) in [7, 11) is -6.01. The molecule has 136 valence electrons. The average molecular weight is 370 g/mol. The molecular formula is C14H17F3O6S. The Morgan fingerprint density at radius 1 is 1.29 bits per heavy atom. The molecule has 2 unspecified atom stereocenters. The molecule has 0 spiro atoms. The van der Waals surface area contributed by atoms with Gasteiger partial charge < -0.3 is 9.47 Å². The summed E-state index contributed by atoms with van der Waals surface area (Å²) >= 11 is 0. The summed E-state index contributed by atoms with van der Waals surface area (Å²) < 4.78 is 76.1. The van der Waals surface area contributed by atoms with Crippen LogP contribution in [-0.4, -0.2) is 37.2 Å². The number of carbonyl (C=O) groups excluding carboxylic acids is 1. The summed E-state index contributed by atoms with van der Waals surface area (Å²) in [5.41, 5.74) is 1.00. The molecule has 10 heteroatoms. The Kier molecular flexibility index (Phi) is 6.76. The molecule has 0 saturated carbocycles. The van der Waals surface area contributed by atoms with E-state index in [1.807, 2.05) is 13.8 Å². The third-order valence-corrected chi connectivity index (χ3v) is 4.12. The number of benzene rings is 1. The number of hydrogen-bond donors (Lipinski definition) is 1. The van der Waals surface area contributed by atoms with Crippen LogP contribution < -0.4 is 4.74 Å². The Morgan fingerprint density at radius 2 is 1.83 bits per heavy atom. The Balaban J connectivity index is 2.58. The molecule has 1 aromatic rings. The van der Waals surface area contributed by atoms with Gasteiger partial charge in [-0.15, -0.1) is 0 Å². The van der Waals surface area contributed by atoms with Crippen molar-refractivity contribution < 1.29 is 40.4 Å². The topological polar surface area (TPSA) is 89.9 Å². The minimum absolute atomic E-state index is 0.0904. The molecule has 0 aliphatic rings. The van der Waals surface area contributed by atoms with Crippen molar-refractivity contribution in [1.82, 2.24) is 0 Å². The van der Waals surface area contributed by atoms with Crippen LogP contribution in [0.5, 0.6) is 5.75 Å². The van der Waals surface area contributed by atoms with Gasteiger partial charge in [-0.05, 0) is 30.0 Å². The van der Waals surface area contributed by atoms with Crippen molar-refractivity contribution >= 4 is 16.1 Å². The minimum atomic E-state index is -6.01. The lowest BCUT2D eigenvalue weighted by Crippen LogP contribution is -2.41. The second-order valence-electron chi connectivity index (χ2n) is 5.02. The van der Waals surface area contributed by atoms with Crippen molar-refractivity contribution in [1.29, 1.82) is 0 Å². The van der Waals surface area contributed by atoms with Crippen molar-refractivity contribution in [3.63, 3.8) is 0 Å². The van der Waals surface area contributed by atoms with Crippen LogP contribution in [0.25, 0.3) is 0 Å². The molecule has 0 bridgehead atoms. The van der Waals surface area contributed by atoms with Gasteiger partial charge in [0.2, 0.25) is 0 Å². The number of rotatable bonds is 8. The van der Waals surface area contributed by atoms with Crippen LogP contribution in [0.1, 0.15) is 31.7 Å². The molecule has 0 saturated heterocycles. The highest BCUT2D eigenvalue weighted by Gasteiger charge is 2.54. The van der Waals surface area contributed by atoms with Gasteiger partial charge in [0.1, 0.15) is 12.4 Å². The van der Waals surface area contributed by atoms with Crippen LogP contribution in [0.15, 0.2) is 24.3 Å². The zero-order valence-corrected chi connectivity index (χ0v) is 13.7. The fourth-order valence-electron chi connectivity index (χ4n) is 1.62. The van der Waals surface area contributed by atoms with E-state index in [2.05, 4.69) is 4.74 Å². The van der Waals surface area contributed by atoms with Crippen LogP contribution in [0.4, 0.5) is 13.2 Å². The van der Waals surface area contributed by atoms with Gasteiger partial charge in [-0.25, -0.2) is 9.18 Å². The summed E-state index contributed by atoms with van der Waals surface area (Å²) in [4.78, 5) is 11.4. The molecule has 24 heavy (non-hydrogen) atoms. The lowest BCUT2D eigenvalue weighted by atomic mass is 9.99. The molecule has 1 N–H and O–H groups in total. The van der Waals surface area contributed by atoms with Crippen molar-refractivity contribution in [3.05, 3.63) is 29.8 Å². The van der Waals surface area contributed by atoms with Crippen molar-refractivity contribution in [2.45, 2.75) is 37.8 Å². The molecule has 0 fully saturated rings. The Labute approximate surface area is 137 Å². The van der Waals surface area contributed by atoms with Crippen molar-refractivity contribution in [3.8, 4) is 5.75 Å². The van der Waals surface area contributed by atoms with E-state index in [4.69, 9.17) is 9.29 Å². The second kappa shape index (κ2) is 7.95. The van der Waals surface area contributed by atoms with Gasteiger partial charge in [-0.1, -0.05) is 26.0 Å². The van der Waals surface area contributed by atoms with E-state index in [0.29, 0.717) is 5.92 Å². The molecule has 0 heterocycles. The van der Waals surface area contributed by atoms with Gasteiger partial charge in [0.15, 0.2) is 0 Å². The molecular weight excluding hydrogens is 353 g/mol. The quantitative estimate of drug-likeness (QED) is 0.430. The number of carbonyl (C=O) groups is 1. The first-order valence-electron chi connectivity index (χ1n) is 6.90. The predicted octanol–water partition coefficient (Wildman–Crippen LogP) is 2.90. The van der Waals surface area contributed by atoms with Gasteiger partial charge >= 0.3 is 21.3 Å². The fourth-order valence-corrected chi connectivity index (χ4v) is 1.92. The van der Waals surface area contributed by atoms with Crippen molar-refractivity contribution in [2.75, 3.05) is 6.61 Å². The van der Waals surface area contributed by atoms with Crippen LogP contribution in [-0.2, 0) is 19.6 Å². The number of hydrogen-bond acceptors (Lipinski definition) is 5. The summed E-state index contributed by atoms with van der Waals surface area (Å²) in [5.74, 6) is -0.819. The van der Waals surface area contributed by atoms with E-state index in [9.17, 15) is 26.4 Å². The number of halogens is 3. The van der Waals surface area contributed by atoms with E-state index in [1.54, 1.807) is 12.1 Å². The largest absolute Gasteiger partial charge is 0.425 e. The lowest BCUT2D eigenvalue weighted by Gasteiger charge is -2.17. The van der Waals surface area contributed by atoms with Crippen LogP contribution in [0, 0.1) is 0 Å². The molecule has 0 aromatic heterocycles. The first-order chi connectivity index (χ1) is 11.0. The van der Waals surface area contributed by atoms with Gasteiger partial charge in [0.25, 0.3) is 6.36 Å². The molecule has 1 rings (SSSR count). The summed E-state index contributed by atoms with van der Waals surface area (Å²) in [5, 5.41) is -5.19. The van der Waals surface area contributed by atoms with Gasteiger partial charge in [-0.3, -0.25) is 4.55 Å². The molecule has 0 aliphatic heterocycles. The first kappa shape index (κ1) is 20.4. The van der Waals surface area contributed by atoms with E-state index >= 15 is 0 Å². The highest BCUT2D eigenvalue weighted by molar-refractivity contribution is 7.86.